The van der Waals surface area contributed by atoms with Crippen LogP contribution in [0.1, 0.15) is 6.42 Å². The van der Waals surface area contributed by atoms with E-state index < -0.39 is 49.3 Å². The van der Waals surface area contributed by atoms with Crippen LogP contribution in [0.25, 0.3) is 0 Å². The molecular formula is C6H12O6S2. The average Bonchev–Trinajstić information content (AvgIpc) is 1.97. The summed E-state index contributed by atoms with van der Waals surface area (Å²) in [6, 6.07) is 0. The van der Waals surface area contributed by atoms with Crippen molar-refractivity contribution >= 4 is 25.6 Å². The van der Waals surface area contributed by atoms with Crippen LogP contribution in [0.4, 0.5) is 0 Å². The molecule has 0 rings (SSSR count). The molecule has 0 aromatic heterocycles. The van der Waals surface area contributed by atoms with Crippen molar-refractivity contribution in [3.8, 4) is 0 Å². The summed E-state index contributed by atoms with van der Waals surface area (Å²) < 4.78 is 43.4. The van der Waals surface area contributed by atoms with Crippen LogP contribution < -0.4 is 0 Å². The molecule has 0 fully saturated rings. The van der Waals surface area contributed by atoms with E-state index in [0.29, 0.717) is 0 Å². The molecule has 0 aliphatic heterocycles. The lowest BCUT2D eigenvalue weighted by molar-refractivity contribution is -0.136. The third-order valence-corrected chi connectivity index (χ3v) is 4.25. The van der Waals surface area contributed by atoms with Gasteiger partial charge in [0.05, 0.1) is 23.7 Å². The fourth-order valence-corrected chi connectivity index (χ4v) is 3.54. The number of hydrogen-bond acceptors (Lipinski definition) is 5. The van der Waals surface area contributed by atoms with E-state index in [2.05, 4.69) is 0 Å². The van der Waals surface area contributed by atoms with Crippen LogP contribution in [0.3, 0.4) is 0 Å². The number of carboxylic acid groups (broad SMARTS) is 1. The fourth-order valence-electron chi connectivity index (χ4n) is 0.623. The standard InChI is InChI=1S/C6H12O6S2/c1-13(9,10)4-5-14(11,12)3-2-6(7)8/h2-5H2,1H3,(H,7,8). The molecule has 0 aromatic rings. The van der Waals surface area contributed by atoms with Crippen molar-refractivity contribution in [2.24, 2.45) is 0 Å². The monoisotopic (exact) mass is 244 g/mol. The van der Waals surface area contributed by atoms with Crippen molar-refractivity contribution in [3.05, 3.63) is 0 Å². The predicted molar refractivity (Wildman–Crippen MR) is 50.6 cm³/mol. The third-order valence-electron chi connectivity index (χ3n) is 1.39. The third kappa shape index (κ3) is 7.99. The van der Waals surface area contributed by atoms with Gasteiger partial charge in [-0.3, -0.25) is 4.79 Å². The van der Waals surface area contributed by atoms with Gasteiger partial charge in [0.15, 0.2) is 9.84 Å². The average molecular weight is 244 g/mol. The van der Waals surface area contributed by atoms with Crippen LogP contribution in [-0.2, 0) is 24.5 Å². The lowest BCUT2D eigenvalue weighted by atomic mass is 10.5. The minimum atomic E-state index is -3.57. The molecular weight excluding hydrogens is 232 g/mol. The van der Waals surface area contributed by atoms with Gasteiger partial charge in [0.25, 0.3) is 0 Å². The lowest BCUT2D eigenvalue weighted by Gasteiger charge is -2.00. The highest BCUT2D eigenvalue weighted by Gasteiger charge is 2.15. The van der Waals surface area contributed by atoms with Gasteiger partial charge in [-0.2, -0.15) is 0 Å². The molecule has 0 unspecified atom stereocenters. The minimum absolute atomic E-state index is 0.463. The highest BCUT2D eigenvalue weighted by atomic mass is 32.2. The normalized spacial score (nSPS) is 12.6. The first kappa shape index (κ1) is 13.4. The van der Waals surface area contributed by atoms with E-state index in [1.165, 1.54) is 0 Å². The molecule has 0 saturated carbocycles. The Morgan fingerprint density at radius 2 is 1.57 bits per heavy atom. The first-order valence-corrected chi connectivity index (χ1v) is 7.60. The van der Waals surface area contributed by atoms with E-state index >= 15 is 0 Å². The topological polar surface area (TPSA) is 106 Å². The van der Waals surface area contributed by atoms with E-state index in [0.717, 1.165) is 6.26 Å². The van der Waals surface area contributed by atoms with Gasteiger partial charge in [-0.1, -0.05) is 0 Å². The Balaban J connectivity index is 4.17. The maximum absolute atomic E-state index is 11.1. The molecule has 0 aliphatic rings. The number of hydrogen-bond donors (Lipinski definition) is 1. The van der Waals surface area contributed by atoms with Gasteiger partial charge in [-0.15, -0.1) is 0 Å². The molecule has 0 atom stereocenters. The summed E-state index contributed by atoms with van der Waals surface area (Å²) in [7, 11) is -6.89. The Morgan fingerprint density at radius 3 is 1.93 bits per heavy atom. The second-order valence-corrected chi connectivity index (χ2v) is 7.49. The van der Waals surface area contributed by atoms with Crippen molar-refractivity contribution in [2.75, 3.05) is 23.5 Å². The smallest absolute Gasteiger partial charge is 0.304 e. The maximum atomic E-state index is 11.1. The Labute approximate surface area is 82.8 Å². The van der Waals surface area contributed by atoms with E-state index in [9.17, 15) is 21.6 Å². The summed E-state index contributed by atoms with van der Waals surface area (Å²) in [6.45, 7) is 0. The van der Waals surface area contributed by atoms with E-state index in [1.807, 2.05) is 0 Å². The summed E-state index contributed by atoms with van der Waals surface area (Å²) >= 11 is 0. The Hall–Kier alpha value is -0.630. The predicted octanol–water partition coefficient (Wildman–Crippen LogP) is -1.08. The summed E-state index contributed by atoms with van der Waals surface area (Å²) in [5.74, 6) is -2.71. The molecule has 0 saturated heterocycles. The number of rotatable bonds is 6. The van der Waals surface area contributed by atoms with E-state index in [-0.39, 0.29) is 0 Å². The zero-order valence-corrected chi connectivity index (χ0v) is 9.27. The Bertz CT molecular complexity index is 390. The molecule has 0 spiro atoms. The summed E-state index contributed by atoms with van der Waals surface area (Å²) in [6.07, 6.45) is 0.436. The van der Waals surface area contributed by atoms with Crippen molar-refractivity contribution in [3.63, 3.8) is 0 Å². The van der Waals surface area contributed by atoms with Crippen LogP contribution in [0.2, 0.25) is 0 Å². The number of carbonyl (C=O) groups is 1. The molecule has 0 aromatic carbocycles. The molecule has 6 nitrogen and oxygen atoms in total. The molecule has 0 bridgehead atoms. The number of sulfone groups is 2. The van der Waals surface area contributed by atoms with Crippen LogP contribution in [-0.4, -0.2) is 51.4 Å². The number of aliphatic carboxylic acids is 1. The van der Waals surface area contributed by atoms with Crippen molar-refractivity contribution in [1.82, 2.24) is 0 Å². The molecule has 8 heteroatoms. The van der Waals surface area contributed by atoms with Crippen LogP contribution in [0, 0.1) is 0 Å². The molecule has 0 amide bonds. The minimum Gasteiger partial charge on any atom is -0.481 e. The lowest BCUT2D eigenvalue weighted by Crippen LogP contribution is -2.20. The Kier molecular flexibility index (Phi) is 4.53. The SMILES string of the molecule is CS(=O)(=O)CCS(=O)(=O)CCC(=O)O. The van der Waals surface area contributed by atoms with Crippen LogP contribution in [0.15, 0.2) is 0 Å². The second kappa shape index (κ2) is 4.74. The Morgan fingerprint density at radius 1 is 1.07 bits per heavy atom. The summed E-state index contributed by atoms with van der Waals surface area (Å²) in [5, 5.41) is 8.22. The van der Waals surface area contributed by atoms with Gasteiger partial charge in [0, 0.05) is 6.26 Å². The molecule has 0 aliphatic carbocycles. The number of carboxylic acids is 1. The highest BCUT2D eigenvalue weighted by Crippen LogP contribution is 1.96. The van der Waals surface area contributed by atoms with E-state index in [4.69, 9.17) is 5.11 Å². The van der Waals surface area contributed by atoms with Crippen molar-refractivity contribution in [1.29, 1.82) is 0 Å². The maximum Gasteiger partial charge on any atom is 0.304 e. The fraction of sp³-hybridized carbons (Fsp3) is 0.833. The van der Waals surface area contributed by atoms with Gasteiger partial charge in [-0.05, 0) is 0 Å². The summed E-state index contributed by atoms with van der Waals surface area (Å²) in [4.78, 5) is 10.1. The second-order valence-electron chi connectivity index (χ2n) is 2.93. The van der Waals surface area contributed by atoms with E-state index in [1.54, 1.807) is 0 Å². The quantitative estimate of drug-likeness (QED) is 0.637. The molecule has 84 valence electrons. The van der Waals surface area contributed by atoms with Crippen LogP contribution >= 0.6 is 0 Å². The highest BCUT2D eigenvalue weighted by molar-refractivity contribution is 7.94. The summed E-state index contributed by atoms with van der Waals surface area (Å²) in [5.41, 5.74) is 0. The molecule has 0 radical (unpaired) electrons. The molecule has 0 heterocycles. The molecule has 1 N–H and O–H groups in total. The zero-order valence-electron chi connectivity index (χ0n) is 7.63. The van der Waals surface area contributed by atoms with Crippen LogP contribution in [0.5, 0.6) is 0 Å². The van der Waals surface area contributed by atoms with Crippen molar-refractivity contribution < 1.29 is 26.7 Å². The first-order valence-electron chi connectivity index (χ1n) is 3.72. The van der Waals surface area contributed by atoms with Gasteiger partial charge < -0.3 is 5.11 Å². The van der Waals surface area contributed by atoms with Gasteiger partial charge >= 0.3 is 5.97 Å². The van der Waals surface area contributed by atoms with Crippen molar-refractivity contribution in [2.45, 2.75) is 6.42 Å². The molecule has 14 heavy (non-hydrogen) atoms. The van der Waals surface area contributed by atoms with Gasteiger partial charge in [-0.25, -0.2) is 16.8 Å². The largest absolute Gasteiger partial charge is 0.481 e. The first-order chi connectivity index (χ1) is 6.12. The van der Waals surface area contributed by atoms with Gasteiger partial charge in [0.1, 0.15) is 9.84 Å². The zero-order chi connectivity index (χ0) is 11.4. The van der Waals surface area contributed by atoms with Gasteiger partial charge in [0.2, 0.25) is 0 Å².